The van der Waals surface area contributed by atoms with Crippen molar-refractivity contribution >= 4 is 28.5 Å². The summed E-state index contributed by atoms with van der Waals surface area (Å²) in [6.07, 6.45) is 0. The summed E-state index contributed by atoms with van der Waals surface area (Å²) < 4.78 is 1.14. The van der Waals surface area contributed by atoms with Crippen LogP contribution in [0.1, 0.15) is 22.8 Å². The van der Waals surface area contributed by atoms with Crippen molar-refractivity contribution in [2.24, 2.45) is 0 Å². The molecular formula is C16H16INO. The normalized spacial score (nSPS) is 10.2. The Morgan fingerprint density at radius 3 is 2.26 bits per heavy atom. The molecule has 0 aliphatic carbocycles. The fourth-order valence-corrected chi connectivity index (χ4v) is 2.27. The fourth-order valence-electron chi connectivity index (χ4n) is 1.91. The zero-order valence-corrected chi connectivity index (χ0v) is 13.0. The maximum atomic E-state index is 12.4. The van der Waals surface area contributed by atoms with Crippen molar-refractivity contribution in [3.05, 3.63) is 69.3 Å². The van der Waals surface area contributed by atoms with Gasteiger partial charge in [-0.25, -0.2) is 0 Å². The first-order valence-electron chi connectivity index (χ1n) is 6.29. The molecule has 0 spiro atoms. The Balaban J connectivity index is 2.13. The fraction of sp³-hybridized carbons (Fsp3) is 0.188. The van der Waals surface area contributed by atoms with Crippen LogP contribution in [-0.2, 0) is 6.54 Å². The SMILES string of the molecule is CCN(Cc1ccccc1)C(=O)c1ccc(I)cc1. The van der Waals surface area contributed by atoms with Gasteiger partial charge in [0.15, 0.2) is 0 Å². The Morgan fingerprint density at radius 1 is 1.05 bits per heavy atom. The highest BCUT2D eigenvalue weighted by Gasteiger charge is 2.14. The minimum absolute atomic E-state index is 0.0859. The van der Waals surface area contributed by atoms with E-state index in [1.54, 1.807) is 0 Å². The lowest BCUT2D eigenvalue weighted by atomic mass is 10.1. The predicted molar refractivity (Wildman–Crippen MR) is 86.0 cm³/mol. The molecule has 0 N–H and O–H groups in total. The molecule has 0 atom stereocenters. The molecule has 3 heteroatoms. The standard InChI is InChI=1S/C16H16INO/c1-2-18(12-13-6-4-3-5-7-13)16(19)14-8-10-15(17)11-9-14/h3-11H,2,12H2,1H3. The molecule has 0 aromatic heterocycles. The summed E-state index contributed by atoms with van der Waals surface area (Å²) >= 11 is 2.24. The number of nitrogens with zero attached hydrogens (tertiary/aromatic N) is 1. The van der Waals surface area contributed by atoms with Gasteiger partial charge in [0, 0.05) is 22.2 Å². The number of amides is 1. The van der Waals surface area contributed by atoms with Gasteiger partial charge in [0.05, 0.1) is 0 Å². The van der Waals surface area contributed by atoms with E-state index >= 15 is 0 Å². The smallest absolute Gasteiger partial charge is 0.254 e. The number of hydrogen-bond acceptors (Lipinski definition) is 1. The number of carbonyl (C=O) groups excluding carboxylic acids is 1. The first-order chi connectivity index (χ1) is 9.20. The van der Waals surface area contributed by atoms with E-state index in [9.17, 15) is 4.79 Å². The van der Waals surface area contributed by atoms with Crippen LogP contribution >= 0.6 is 22.6 Å². The molecule has 0 unspecified atom stereocenters. The molecule has 2 rings (SSSR count). The van der Waals surface area contributed by atoms with Crippen LogP contribution in [-0.4, -0.2) is 17.4 Å². The maximum absolute atomic E-state index is 12.4. The minimum Gasteiger partial charge on any atom is -0.335 e. The van der Waals surface area contributed by atoms with Crippen LogP contribution in [0.4, 0.5) is 0 Å². The summed E-state index contributed by atoms with van der Waals surface area (Å²) in [5, 5.41) is 0. The van der Waals surface area contributed by atoms with E-state index in [0.717, 1.165) is 14.7 Å². The highest BCUT2D eigenvalue weighted by Crippen LogP contribution is 2.12. The molecule has 2 nitrogen and oxygen atoms in total. The lowest BCUT2D eigenvalue weighted by Crippen LogP contribution is -2.30. The third-order valence-corrected chi connectivity index (χ3v) is 3.70. The number of carbonyl (C=O) groups is 1. The van der Waals surface area contributed by atoms with Crippen molar-refractivity contribution in [1.29, 1.82) is 0 Å². The molecule has 0 aliphatic heterocycles. The molecule has 2 aromatic carbocycles. The van der Waals surface area contributed by atoms with Crippen molar-refractivity contribution in [1.82, 2.24) is 4.90 Å². The molecule has 0 saturated heterocycles. The van der Waals surface area contributed by atoms with Crippen LogP contribution in [0, 0.1) is 3.57 Å². The van der Waals surface area contributed by atoms with Crippen molar-refractivity contribution in [2.75, 3.05) is 6.54 Å². The third-order valence-electron chi connectivity index (χ3n) is 2.98. The second kappa shape index (κ2) is 6.70. The van der Waals surface area contributed by atoms with Crippen LogP contribution in [0.15, 0.2) is 54.6 Å². The lowest BCUT2D eigenvalue weighted by molar-refractivity contribution is 0.0752. The van der Waals surface area contributed by atoms with Gasteiger partial charge in [-0.2, -0.15) is 0 Å². The van der Waals surface area contributed by atoms with Crippen LogP contribution < -0.4 is 0 Å². The Labute approximate surface area is 127 Å². The molecule has 98 valence electrons. The average molecular weight is 365 g/mol. The number of rotatable bonds is 4. The van der Waals surface area contributed by atoms with E-state index in [1.807, 2.05) is 66.4 Å². The van der Waals surface area contributed by atoms with Crippen molar-refractivity contribution in [2.45, 2.75) is 13.5 Å². The van der Waals surface area contributed by atoms with E-state index in [0.29, 0.717) is 13.1 Å². The molecule has 0 saturated carbocycles. The summed E-state index contributed by atoms with van der Waals surface area (Å²) in [7, 11) is 0. The summed E-state index contributed by atoms with van der Waals surface area (Å²) in [6, 6.07) is 17.8. The largest absolute Gasteiger partial charge is 0.335 e. The van der Waals surface area contributed by atoms with E-state index in [2.05, 4.69) is 22.6 Å². The van der Waals surface area contributed by atoms with Gasteiger partial charge >= 0.3 is 0 Å². The van der Waals surface area contributed by atoms with Gasteiger partial charge < -0.3 is 4.90 Å². The van der Waals surface area contributed by atoms with Gasteiger partial charge in [0.2, 0.25) is 0 Å². The summed E-state index contributed by atoms with van der Waals surface area (Å²) in [4.78, 5) is 14.3. The molecule has 19 heavy (non-hydrogen) atoms. The summed E-state index contributed by atoms with van der Waals surface area (Å²) in [5.74, 6) is 0.0859. The van der Waals surface area contributed by atoms with Crippen LogP contribution in [0.5, 0.6) is 0 Å². The van der Waals surface area contributed by atoms with Crippen molar-refractivity contribution in [3.63, 3.8) is 0 Å². The molecule has 0 heterocycles. The molecular weight excluding hydrogens is 349 g/mol. The average Bonchev–Trinajstić information content (AvgIpc) is 2.46. The van der Waals surface area contributed by atoms with Gasteiger partial charge in [0.1, 0.15) is 0 Å². The van der Waals surface area contributed by atoms with Gasteiger partial charge in [-0.05, 0) is 59.3 Å². The highest BCUT2D eigenvalue weighted by molar-refractivity contribution is 14.1. The molecule has 0 fully saturated rings. The van der Waals surface area contributed by atoms with E-state index in [1.165, 1.54) is 0 Å². The summed E-state index contributed by atoms with van der Waals surface area (Å²) in [5.41, 5.74) is 1.90. The van der Waals surface area contributed by atoms with E-state index < -0.39 is 0 Å². The Bertz CT molecular complexity index is 536. The lowest BCUT2D eigenvalue weighted by Gasteiger charge is -2.21. The van der Waals surface area contributed by atoms with Gasteiger partial charge in [-0.15, -0.1) is 0 Å². The molecule has 0 radical (unpaired) electrons. The topological polar surface area (TPSA) is 20.3 Å². The predicted octanol–water partition coefficient (Wildman–Crippen LogP) is 3.95. The molecule has 1 amide bonds. The Kier molecular flexibility index (Phi) is 4.96. The van der Waals surface area contributed by atoms with Crippen LogP contribution in [0.25, 0.3) is 0 Å². The zero-order chi connectivity index (χ0) is 13.7. The monoisotopic (exact) mass is 365 g/mol. The maximum Gasteiger partial charge on any atom is 0.254 e. The minimum atomic E-state index is 0.0859. The second-order valence-electron chi connectivity index (χ2n) is 4.31. The first-order valence-corrected chi connectivity index (χ1v) is 7.37. The third kappa shape index (κ3) is 3.80. The number of hydrogen-bond donors (Lipinski definition) is 0. The Hall–Kier alpha value is -1.36. The van der Waals surface area contributed by atoms with Crippen molar-refractivity contribution < 1.29 is 4.79 Å². The quantitative estimate of drug-likeness (QED) is 0.752. The van der Waals surface area contributed by atoms with Crippen LogP contribution in [0.2, 0.25) is 0 Å². The van der Waals surface area contributed by atoms with E-state index in [-0.39, 0.29) is 5.91 Å². The van der Waals surface area contributed by atoms with Gasteiger partial charge in [-0.1, -0.05) is 30.3 Å². The van der Waals surface area contributed by atoms with Crippen molar-refractivity contribution in [3.8, 4) is 0 Å². The van der Waals surface area contributed by atoms with Crippen LogP contribution in [0.3, 0.4) is 0 Å². The molecule has 0 bridgehead atoms. The zero-order valence-electron chi connectivity index (χ0n) is 10.8. The van der Waals surface area contributed by atoms with E-state index in [4.69, 9.17) is 0 Å². The molecule has 0 aliphatic rings. The Morgan fingerprint density at radius 2 is 1.68 bits per heavy atom. The highest BCUT2D eigenvalue weighted by atomic mass is 127. The van der Waals surface area contributed by atoms with Gasteiger partial charge in [0.25, 0.3) is 5.91 Å². The summed E-state index contributed by atoms with van der Waals surface area (Å²) in [6.45, 7) is 3.37. The van der Waals surface area contributed by atoms with Gasteiger partial charge in [-0.3, -0.25) is 4.79 Å². The number of halogens is 1. The molecule has 2 aromatic rings. The first kappa shape index (κ1) is 14.1. The second-order valence-corrected chi connectivity index (χ2v) is 5.56. The number of benzene rings is 2.